The number of hydrogen-bond acceptors (Lipinski definition) is 2. The first-order valence-corrected chi connectivity index (χ1v) is 7.58. The maximum atomic E-state index is 4.34. The molecule has 3 rings (SSSR count). The summed E-state index contributed by atoms with van der Waals surface area (Å²) < 4.78 is 3.44. The van der Waals surface area contributed by atoms with Gasteiger partial charge in [-0.25, -0.2) is 4.98 Å². The van der Waals surface area contributed by atoms with Gasteiger partial charge in [-0.1, -0.05) is 34.1 Å². The monoisotopic (exact) mass is 319 g/mol. The zero-order valence-corrected chi connectivity index (χ0v) is 12.4. The lowest BCUT2D eigenvalue weighted by Crippen LogP contribution is -2.29. The number of halogens is 1. The molecule has 0 saturated carbocycles. The molecule has 4 heteroatoms. The average Bonchev–Trinajstić information content (AvgIpc) is 2.91. The minimum absolute atomic E-state index is 0.596. The minimum Gasteiger partial charge on any atom is -0.330 e. The van der Waals surface area contributed by atoms with E-state index in [2.05, 4.69) is 49.0 Å². The summed E-state index contributed by atoms with van der Waals surface area (Å²) in [6.45, 7) is 3.10. The summed E-state index contributed by atoms with van der Waals surface area (Å²) in [5.41, 5.74) is 2.65. The Kier molecular flexibility index (Phi) is 3.99. The summed E-state index contributed by atoms with van der Waals surface area (Å²) in [7, 11) is 0. The van der Waals surface area contributed by atoms with E-state index in [0.717, 1.165) is 24.1 Å². The Labute approximate surface area is 122 Å². The van der Waals surface area contributed by atoms with Gasteiger partial charge >= 0.3 is 0 Å². The van der Waals surface area contributed by atoms with Gasteiger partial charge in [0.2, 0.25) is 0 Å². The van der Waals surface area contributed by atoms with E-state index in [0.29, 0.717) is 5.92 Å². The molecule has 1 aromatic heterocycles. The maximum Gasteiger partial charge on any atom is 0.0951 e. The van der Waals surface area contributed by atoms with E-state index in [1.54, 1.807) is 0 Å². The lowest BCUT2D eigenvalue weighted by Gasteiger charge is -2.24. The summed E-state index contributed by atoms with van der Waals surface area (Å²) in [4.78, 5) is 4.34. The number of piperidine rings is 1. The quantitative estimate of drug-likeness (QED) is 0.941. The zero-order chi connectivity index (χ0) is 13.1. The number of aromatic nitrogens is 2. The molecule has 1 atom stereocenters. The molecule has 100 valence electrons. The third kappa shape index (κ3) is 2.90. The molecule has 1 aliphatic rings. The third-order valence-electron chi connectivity index (χ3n) is 3.76. The predicted octanol–water partition coefficient (Wildman–Crippen LogP) is 3.16. The molecule has 0 bridgehead atoms. The molecule has 1 N–H and O–H groups in total. The molecule has 2 aromatic rings. The van der Waals surface area contributed by atoms with Crippen molar-refractivity contribution in [1.82, 2.24) is 14.9 Å². The van der Waals surface area contributed by atoms with Crippen LogP contribution in [0.4, 0.5) is 0 Å². The van der Waals surface area contributed by atoms with E-state index in [4.69, 9.17) is 0 Å². The van der Waals surface area contributed by atoms with Crippen LogP contribution in [0, 0.1) is 0 Å². The Morgan fingerprint density at radius 3 is 3.05 bits per heavy atom. The number of hydrogen-bond donors (Lipinski definition) is 1. The van der Waals surface area contributed by atoms with Crippen LogP contribution in [0.3, 0.4) is 0 Å². The Balaban J connectivity index is 1.82. The van der Waals surface area contributed by atoms with Gasteiger partial charge in [0.15, 0.2) is 0 Å². The van der Waals surface area contributed by atoms with Crippen molar-refractivity contribution in [2.24, 2.45) is 0 Å². The Hall–Kier alpha value is -1.13. The first-order valence-electron chi connectivity index (χ1n) is 6.79. The van der Waals surface area contributed by atoms with E-state index < -0.39 is 0 Å². The van der Waals surface area contributed by atoms with E-state index in [9.17, 15) is 0 Å². The van der Waals surface area contributed by atoms with Crippen LogP contribution < -0.4 is 5.32 Å². The number of rotatable bonds is 3. The van der Waals surface area contributed by atoms with Crippen LogP contribution in [-0.2, 0) is 6.54 Å². The average molecular weight is 320 g/mol. The number of nitrogens with zero attached hydrogens (tertiary/aromatic N) is 2. The van der Waals surface area contributed by atoms with Gasteiger partial charge in [-0.3, -0.25) is 0 Å². The van der Waals surface area contributed by atoms with Crippen molar-refractivity contribution in [1.29, 1.82) is 0 Å². The molecule has 1 aliphatic heterocycles. The second-order valence-electron chi connectivity index (χ2n) is 5.08. The Bertz CT molecular complexity index is 544. The first kappa shape index (κ1) is 12.9. The molecule has 1 unspecified atom stereocenters. The molecule has 0 amide bonds. The maximum absolute atomic E-state index is 4.34. The number of imidazole rings is 1. The van der Waals surface area contributed by atoms with Gasteiger partial charge in [-0.2, -0.15) is 0 Å². The van der Waals surface area contributed by atoms with Gasteiger partial charge in [0.05, 0.1) is 6.33 Å². The van der Waals surface area contributed by atoms with Crippen molar-refractivity contribution in [3.63, 3.8) is 0 Å². The molecular weight excluding hydrogens is 302 g/mol. The summed E-state index contributed by atoms with van der Waals surface area (Å²) in [5, 5.41) is 3.48. The normalized spacial score (nSPS) is 19.5. The van der Waals surface area contributed by atoms with Crippen LogP contribution >= 0.6 is 15.9 Å². The molecule has 1 fully saturated rings. The van der Waals surface area contributed by atoms with Gasteiger partial charge in [0.1, 0.15) is 0 Å². The second-order valence-corrected chi connectivity index (χ2v) is 5.94. The highest BCUT2D eigenvalue weighted by atomic mass is 79.9. The fraction of sp³-hybridized carbons (Fsp3) is 0.400. The van der Waals surface area contributed by atoms with Gasteiger partial charge < -0.3 is 9.88 Å². The third-order valence-corrected chi connectivity index (χ3v) is 4.53. The first-order chi connectivity index (χ1) is 9.34. The summed E-state index contributed by atoms with van der Waals surface area (Å²) in [6.07, 6.45) is 6.48. The van der Waals surface area contributed by atoms with Gasteiger partial charge in [0.25, 0.3) is 0 Å². The summed E-state index contributed by atoms with van der Waals surface area (Å²) >= 11 is 3.62. The molecular formula is C15H18BrN3. The van der Waals surface area contributed by atoms with Crippen LogP contribution in [0.5, 0.6) is 0 Å². The standard InChI is InChI=1S/C15H18BrN3/c16-14-6-2-1-4-13(14)10-19-11-18-9-15(19)12-5-3-7-17-8-12/h1-2,4,6,9,11-12,17H,3,5,7-8,10H2. The Morgan fingerprint density at radius 2 is 2.26 bits per heavy atom. The van der Waals surface area contributed by atoms with Crippen LogP contribution in [0.1, 0.15) is 30.0 Å². The molecule has 0 spiro atoms. The van der Waals surface area contributed by atoms with E-state index >= 15 is 0 Å². The molecule has 3 nitrogen and oxygen atoms in total. The molecule has 19 heavy (non-hydrogen) atoms. The largest absolute Gasteiger partial charge is 0.330 e. The molecule has 1 aromatic carbocycles. The highest BCUT2D eigenvalue weighted by molar-refractivity contribution is 9.10. The number of nitrogens with one attached hydrogen (secondary N) is 1. The van der Waals surface area contributed by atoms with Crippen LogP contribution in [-0.4, -0.2) is 22.6 Å². The topological polar surface area (TPSA) is 29.9 Å². The number of benzene rings is 1. The van der Waals surface area contributed by atoms with Gasteiger partial charge in [-0.05, 0) is 31.0 Å². The highest BCUT2D eigenvalue weighted by Crippen LogP contribution is 2.24. The highest BCUT2D eigenvalue weighted by Gasteiger charge is 2.18. The van der Waals surface area contributed by atoms with Crippen LogP contribution in [0.25, 0.3) is 0 Å². The van der Waals surface area contributed by atoms with Crippen LogP contribution in [0.15, 0.2) is 41.3 Å². The Morgan fingerprint density at radius 1 is 1.37 bits per heavy atom. The van der Waals surface area contributed by atoms with Crippen molar-refractivity contribution in [2.45, 2.75) is 25.3 Å². The minimum atomic E-state index is 0.596. The lowest BCUT2D eigenvalue weighted by atomic mass is 9.96. The SMILES string of the molecule is Brc1ccccc1Cn1cncc1C1CCCNC1. The van der Waals surface area contributed by atoms with E-state index in [1.807, 2.05) is 18.6 Å². The van der Waals surface area contributed by atoms with Gasteiger partial charge in [0, 0.05) is 35.4 Å². The van der Waals surface area contributed by atoms with E-state index in [-0.39, 0.29) is 0 Å². The molecule has 1 saturated heterocycles. The lowest BCUT2D eigenvalue weighted by molar-refractivity contribution is 0.444. The molecule has 0 radical (unpaired) electrons. The smallest absolute Gasteiger partial charge is 0.0951 e. The van der Waals surface area contributed by atoms with Crippen molar-refractivity contribution in [3.05, 3.63) is 52.5 Å². The molecule has 0 aliphatic carbocycles. The fourth-order valence-electron chi connectivity index (χ4n) is 2.72. The fourth-order valence-corrected chi connectivity index (χ4v) is 3.13. The predicted molar refractivity (Wildman–Crippen MR) is 80.3 cm³/mol. The van der Waals surface area contributed by atoms with Gasteiger partial charge in [-0.15, -0.1) is 0 Å². The zero-order valence-electron chi connectivity index (χ0n) is 10.8. The molecule has 2 heterocycles. The van der Waals surface area contributed by atoms with Crippen molar-refractivity contribution >= 4 is 15.9 Å². The summed E-state index contributed by atoms with van der Waals surface area (Å²) in [5.74, 6) is 0.596. The van der Waals surface area contributed by atoms with Crippen molar-refractivity contribution in [2.75, 3.05) is 13.1 Å². The van der Waals surface area contributed by atoms with Crippen molar-refractivity contribution in [3.8, 4) is 0 Å². The second kappa shape index (κ2) is 5.88. The van der Waals surface area contributed by atoms with E-state index in [1.165, 1.54) is 24.1 Å². The summed E-state index contributed by atoms with van der Waals surface area (Å²) in [6, 6.07) is 8.38. The van der Waals surface area contributed by atoms with Crippen LogP contribution in [0.2, 0.25) is 0 Å². The van der Waals surface area contributed by atoms with Crippen molar-refractivity contribution < 1.29 is 0 Å².